The van der Waals surface area contributed by atoms with Crippen LogP contribution in [0.3, 0.4) is 0 Å². The van der Waals surface area contributed by atoms with Gasteiger partial charge in [-0.25, -0.2) is 4.79 Å². The Bertz CT molecular complexity index is 479. The van der Waals surface area contributed by atoms with Crippen LogP contribution < -0.4 is 9.47 Å². The zero-order valence-corrected chi connectivity index (χ0v) is 10.6. The van der Waals surface area contributed by atoms with E-state index in [1.54, 1.807) is 6.92 Å². The molecule has 18 heavy (non-hydrogen) atoms. The zero-order chi connectivity index (χ0) is 13.1. The van der Waals surface area contributed by atoms with Crippen LogP contribution in [0.25, 0.3) is 0 Å². The number of ether oxygens (including phenoxy) is 3. The highest BCUT2D eigenvalue weighted by Gasteiger charge is 2.20. The van der Waals surface area contributed by atoms with Crippen molar-refractivity contribution in [3.05, 3.63) is 35.9 Å². The van der Waals surface area contributed by atoms with E-state index < -0.39 is 0 Å². The fraction of sp³-hybridized carbons (Fsp3) is 0.357. The van der Waals surface area contributed by atoms with Crippen molar-refractivity contribution in [1.29, 1.82) is 0 Å². The van der Waals surface area contributed by atoms with Gasteiger partial charge in [0.2, 0.25) is 6.79 Å². The van der Waals surface area contributed by atoms with Crippen molar-refractivity contribution < 1.29 is 19.0 Å². The minimum Gasteiger partial charge on any atom is -0.463 e. The second-order valence-electron chi connectivity index (χ2n) is 4.08. The number of benzene rings is 1. The van der Waals surface area contributed by atoms with Crippen LogP contribution in [0.1, 0.15) is 25.3 Å². The first kappa shape index (κ1) is 12.5. The summed E-state index contributed by atoms with van der Waals surface area (Å²) in [6.45, 7) is 8.08. The molecule has 4 nitrogen and oxygen atoms in total. The monoisotopic (exact) mass is 248 g/mol. The second-order valence-corrected chi connectivity index (χ2v) is 4.08. The van der Waals surface area contributed by atoms with E-state index in [0.717, 1.165) is 11.3 Å². The van der Waals surface area contributed by atoms with E-state index in [0.29, 0.717) is 17.9 Å². The molecular weight excluding hydrogens is 232 g/mol. The summed E-state index contributed by atoms with van der Waals surface area (Å²) in [6.07, 6.45) is 0. The molecule has 4 heteroatoms. The predicted molar refractivity (Wildman–Crippen MR) is 66.8 cm³/mol. The molecule has 0 aliphatic carbocycles. The standard InChI is InChI=1S/C14H16O4/c1-4-16-14(15)10(3)9(2)11-5-6-12-13(7-11)18-8-17-12/h5-7,9H,3-4,8H2,1-2H3. The van der Waals surface area contributed by atoms with Gasteiger partial charge in [0.05, 0.1) is 6.61 Å². The molecular formula is C14H16O4. The third kappa shape index (κ3) is 2.32. The Morgan fingerprint density at radius 2 is 2.17 bits per heavy atom. The SMILES string of the molecule is C=C(C(=O)OCC)C(C)c1ccc2c(c1)OCO2. The third-order valence-electron chi connectivity index (χ3n) is 2.96. The molecule has 1 aliphatic rings. The number of carbonyl (C=O) groups is 1. The van der Waals surface area contributed by atoms with Gasteiger partial charge < -0.3 is 14.2 Å². The molecule has 0 bridgehead atoms. The van der Waals surface area contributed by atoms with Gasteiger partial charge in [0, 0.05) is 11.5 Å². The third-order valence-corrected chi connectivity index (χ3v) is 2.96. The Hall–Kier alpha value is -1.97. The Morgan fingerprint density at radius 1 is 1.44 bits per heavy atom. The number of carbonyl (C=O) groups excluding carboxylic acids is 1. The highest BCUT2D eigenvalue weighted by atomic mass is 16.7. The molecule has 0 spiro atoms. The Balaban J connectivity index is 2.16. The lowest BCUT2D eigenvalue weighted by Crippen LogP contribution is -2.12. The van der Waals surface area contributed by atoms with Crippen LogP contribution in [0.2, 0.25) is 0 Å². The molecule has 0 fully saturated rings. The van der Waals surface area contributed by atoms with Gasteiger partial charge >= 0.3 is 5.97 Å². The number of fused-ring (bicyclic) bond motifs is 1. The first-order valence-electron chi connectivity index (χ1n) is 5.89. The predicted octanol–water partition coefficient (Wildman–Crippen LogP) is 2.64. The minimum atomic E-state index is -0.359. The van der Waals surface area contributed by atoms with Gasteiger partial charge in [-0.05, 0) is 24.6 Å². The van der Waals surface area contributed by atoms with E-state index in [2.05, 4.69) is 6.58 Å². The largest absolute Gasteiger partial charge is 0.463 e. The van der Waals surface area contributed by atoms with Crippen LogP contribution in [0, 0.1) is 0 Å². The van der Waals surface area contributed by atoms with Crippen LogP contribution in [-0.2, 0) is 9.53 Å². The van der Waals surface area contributed by atoms with E-state index >= 15 is 0 Å². The molecule has 0 radical (unpaired) electrons. The fourth-order valence-electron chi connectivity index (χ4n) is 1.78. The lowest BCUT2D eigenvalue weighted by Gasteiger charge is -2.14. The van der Waals surface area contributed by atoms with Crippen molar-refractivity contribution in [3.63, 3.8) is 0 Å². The molecule has 1 unspecified atom stereocenters. The molecule has 2 rings (SSSR count). The van der Waals surface area contributed by atoms with Gasteiger partial charge in [0.25, 0.3) is 0 Å². The quantitative estimate of drug-likeness (QED) is 0.607. The summed E-state index contributed by atoms with van der Waals surface area (Å²) >= 11 is 0. The molecule has 0 amide bonds. The van der Waals surface area contributed by atoms with E-state index in [-0.39, 0.29) is 18.7 Å². The normalized spacial score (nSPS) is 14.1. The Morgan fingerprint density at radius 3 is 2.89 bits per heavy atom. The number of esters is 1. The van der Waals surface area contributed by atoms with Gasteiger partial charge in [0.15, 0.2) is 11.5 Å². The van der Waals surface area contributed by atoms with Gasteiger partial charge in [-0.3, -0.25) is 0 Å². The lowest BCUT2D eigenvalue weighted by atomic mass is 9.93. The summed E-state index contributed by atoms with van der Waals surface area (Å²) in [5.41, 5.74) is 1.40. The van der Waals surface area contributed by atoms with Crippen LogP contribution in [0.15, 0.2) is 30.4 Å². The lowest BCUT2D eigenvalue weighted by molar-refractivity contribution is -0.138. The van der Waals surface area contributed by atoms with Gasteiger partial charge in [-0.1, -0.05) is 19.6 Å². The van der Waals surface area contributed by atoms with E-state index in [1.165, 1.54) is 0 Å². The summed E-state index contributed by atoms with van der Waals surface area (Å²) in [6, 6.07) is 5.62. The van der Waals surface area contributed by atoms with E-state index in [9.17, 15) is 4.79 Å². The molecule has 0 aromatic heterocycles. The summed E-state index contributed by atoms with van der Waals surface area (Å²) in [5.74, 6) is 0.963. The highest BCUT2D eigenvalue weighted by Crippen LogP contribution is 2.36. The molecule has 96 valence electrons. The van der Waals surface area contributed by atoms with E-state index in [1.807, 2.05) is 25.1 Å². The maximum Gasteiger partial charge on any atom is 0.334 e. The molecule has 1 aromatic carbocycles. The maximum absolute atomic E-state index is 11.6. The first-order valence-corrected chi connectivity index (χ1v) is 5.89. The summed E-state index contributed by atoms with van der Waals surface area (Å²) < 4.78 is 15.5. The van der Waals surface area contributed by atoms with Crippen molar-refractivity contribution in [2.24, 2.45) is 0 Å². The van der Waals surface area contributed by atoms with E-state index in [4.69, 9.17) is 14.2 Å². The second kappa shape index (κ2) is 5.12. The molecule has 0 N–H and O–H groups in total. The van der Waals surface area contributed by atoms with Crippen LogP contribution >= 0.6 is 0 Å². The van der Waals surface area contributed by atoms with Gasteiger partial charge in [-0.2, -0.15) is 0 Å². The molecule has 1 heterocycles. The topological polar surface area (TPSA) is 44.8 Å². The maximum atomic E-state index is 11.6. The minimum absolute atomic E-state index is 0.112. The van der Waals surface area contributed by atoms with Gasteiger partial charge in [-0.15, -0.1) is 0 Å². The summed E-state index contributed by atoms with van der Waals surface area (Å²) in [5, 5.41) is 0. The zero-order valence-electron chi connectivity index (χ0n) is 10.6. The van der Waals surface area contributed by atoms with Crippen molar-refractivity contribution in [2.45, 2.75) is 19.8 Å². The van der Waals surface area contributed by atoms with Crippen LogP contribution in [-0.4, -0.2) is 19.4 Å². The molecule has 1 aromatic rings. The number of hydrogen-bond donors (Lipinski definition) is 0. The molecule has 0 saturated carbocycles. The Labute approximate surface area is 106 Å². The average molecular weight is 248 g/mol. The molecule has 1 aliphatic heterocycles. The number of hydrogen-bond acceptors (Lipinski definition) is 4. The van der Waals surface area contributed by atoms with Gasteiger partial charge in [0.1, 0.15) is 0 Å². The number of rotatable bonds is 4. The van der Waals surface area contributed by atoms with Crippen LogP contribution in [0.5, 0.6) is 11.5 Å². The molecule has 1 atom stereocenters. The molecule has 0 saturated heterocycles. The fourth-order valence-corrected chi connectivity index (χ4v) is 1.78. The van der Waals surface area contributed by atoms with Crippen molar-refractivity contribution in [2.75, 3.05) is 13.4 Å². The first-order chi connectivity index (χ1) is 8.63. The van der Waals surface area contributed by atoms with Crippen molar-refractivity contribution in [1.82, 2.24) is 0 Å². The summed E-state index contributed by atoms with van der Waals surface area (Å²) in [7, 11) is 0. The van der Waals surface area contributed by atoms with Crippen molar-refractivity contribution in [3.8, 4) is 11.5 Å². The van der Waals surface area contributed by atoms with Crippen molar-refractivity contribution >= 4 is 5.97 Å². The smallest absolute Gasteiger partial charge is 0.334 e. The average Bonchev–Trinajstić information content (AvgIpc) is 2.84. The highest BCUT2D eigenvalue weighted by molar-refractivity contribution is 5.89. The van der Waals surface area contributed by atoms with Crippen LogP contribution in [0.4, 0.5) is 0 Å². The Kier molecular flexibility index (Phi) is 3.55. The summed E-state index contributed by atoms with van der Waals surface area (Å²) in [4.78, 5) is 11.6.